The molecule has 8 heteroatoms. The number of aliphatic carboxylic acids is 1. The Balaban J connectivity index is 1.91. The number of nitrogen functional groups attached to an aromatic ring is 1. The Hall–Kier alpha value is -3.16. The van der Waals surface area contributed by atoms with Gasteiger partial charge >= 0.3 is 5.97 Å². The minimum atomic E-state index is -1.24. The molecule has 0 bridgehead atoms. The summed E-state index contributed by atoms with van der Waals surface area (Å²) in [6.45, 7) is 0. The first-order chi connectivity index (χ1) is 11.3. The van der Waals surface area contributed by atoms with E-state index in [1.165, 1.54) is 30.5 Å². The molecule has 0 atom stereocenters. The van der Waals surface area contributed by atoms with Crippen molar-refractivity contribution in [3.8, 4) is 0 Å². The van der Waals surface area contributed by atoms with E-state index in [1.54, 1.807) is 0 Å². The number of halogens is 1. The van der Waals surface area contributed by atoms with Crippen LogP contribution in [0.2, 0.25) is 0 Å². The van der Waals surface area contributed by atoms with Crippen LogP contribution >= 0.6 is 0 Å². The molecule has 1 aliphatic rings. The van der Waals surface area contributed by atoms with Gasteiger partial charge in [0, 0.05) is 11.8 Å². The third-order valence-electron chi connectivity index (χ3n) is 4.04. The third kappa shape index (κ3) is 2.51. The first kappa shape index (κ1) is 15.7. The summed E-state index contributed by atoms with van der Waals surface area (Å²) in [5, 5.41) is 11.7. The summed E-state index contributed by atoms with van der Waals surface area (Å²) < 4.78 is 14.5. The fourth-order valence-electron chi connectivity index (χ4n) is 2.47. The van der Waals surface area contributed by atoms with Crippen molar-refractivity contribution in [2.75, 3.05) is 11.1 Å². The number of pyridine rings is 1. The molecule has 3 rings (SSSR count). The van der Waals surface area contributed by atoms with Gasteiger partial charge in [-0.1, -0.05) is 0 Å². The predicted molar refractivity (Wildman–Crippen MR) is 84.3 cm³/mol. The Bertz CT molecular complexity index is 902. The van der Waals surface area contributed by atoms with Gasteiger partial charge in [-0.25, -0.2) is 9.18 Å². The van der Waals surface area contributed by atoms with Gasteiger partial charge in [0.15, 0.2) is 0 Å². The molecule has 0 radical (unpaired) electrons. The monoisotopic (exact) mass is 331 g/mol. The van der Waals surface area contributed by atoms with Crippen molar-refractivity contribution in [2.45, 2.75) is 18.4 Å². The van der Waals surface area contributed by atoms with Crippen molar-refractivity contribution in [3.63, 3.8) is 0 Å². The molecule has 1 amide bonds. The standard InChI is InChI=1S/C16H14FN3O4/c17-10-8-9(3-4-11(10)18)13(21)19-12-2-1-7-20(14(12)22)16(5-6-16)15(23)24/h1-4,7-8H,5-6,18H2,(H,19,21)(H,23,24). The van der Waals surface area contributed by atoms with Crippen LogP contribution in [0.25, 0.3) is 0 Å². The highest BCUT2D eigenvalue weighted by Gasteiger charge is 2.52. The maximum atomic E-state index is 13.4. The van der Waals surface area contributed by atoms with E-state index in [1.807, 2.05) is 0 Å². The molecule has 124 valence electrons. The van der Waals surface area contributed by atoms with Crippen LogP contribution in [0.3, 0.4) is 0 Å². The van der Waals surface area contributed by atoms with E-state index >= 15 is 0 Å². The van der Waals surface area contributed by atoms with Gasteiger partial charge in [0.1, 0.15) is 17.0 Å². The summed E-state index contributed by atoms with van der Waals surface area (Å²) in [6, 6.07) is 6.38. The summed E-state index contributed by atoms with van der Waals surface area (Å²) in [5.41, 5.74) is 3.31. The zero-order valence-corrected chi connectivity index (χ0v) is 12.5. The van der Waals surface area contributed by atoms with Crippen molar-refractivity contribution in [1.29, 1.82) is 0 Å². The van der Waals surface area contributed by atoms with Crippen LogP contribution in [-0.4, -0.2) is 21.6 Å². The van der Waals surface area contributed by atoms with Gasteiger partial charge in [0.05, 0.1) is 5.69 Å². The fraction of sp³-hybridized carbons (Fsp3) is 0.188. The van der Waals surface area contributed by atoms with E-state index in [2.05, 4.69) is 5.32 Å². The molecule has 1 aromatic carbocycles. The van der Waals surface area contributed by atoms with E-state index in [-0.39, 0.29) is 16.9 Å². The molecule has 0 saturated heterocycles. The number of carbonyl (C=O) groups excluding carboxylic acids is 1. The van der Waals surface area contributed by atoms with Crippen LogP contribution in [-0.2, 0) is 10.3 Å². The van der Waals surface area contributed by atoms with Gasteiger partial charge in [-0.15, -0.1) is 0 Å². The summed E-state index contributed by atoms with van der Waals surface area (Å²) in [4.78, 5) is 36.0. The third-order valence-corrected chi connectivity index (χ3v) is 4.04. The largest absolute Gasteiger partial charge is 0.479 e. The quantitative estimate of drug-likeness (QED) is 0.733. The molecule has 4 N–H and O–H groups in total. The Morgan fingerprint density at radius 3 is 2.58 bits per heavy atom. The zero-order chi connectivity index (χ0) is 17.5. The molecule has 1 heterocycles. The molecular weight excluding hydrogens is 317 g/mol. The number of carboxylic acid groups (broad SMARTS) is 1. The highest BCUT2D eigenvalue weighted by molar-refractivity contribution is 6.04. The minimum Gasteiger partial charge on any atom is -0.479 e. The van der Waals surface area contributed by atoms with Gasteiger partial charge in [-0.2, -0.15) is 0 Å². The zero-order valence-electron chi connectivity index (χ0n) is 12.5. The van der Waals surface area contributed by atoms with Crippen LogP contribution in [0.15, 0.2) is 41.3 Å². The normalized spacial score (nSPS) is 14.9. The smallest absolute Gasteiger partial charge is 0.330 e. The molecule has 2 aromatic rings. The Morgan fingerprint density at radius 1 is 1.29 bits per heavy atom. The van der Waals surface area contributed by atoms with Crippen LogP contribution in [0.5, 0.6) is 0 Å². The number of rotatable bonds is 4. The molecule has 24 heavy (non-hydrogen) atoms. The molecule has 0 spiro atoms. The number of amides is 1. The highest BCUT2D eigenvalue weighted by atomic mass is 19.1. The average Bonchev–Trinajstić information content (AvgIpc) is 3.33. The Morgan fingerprint density at radius 2 is 2.00 bits per heavy atom. The lowest BCUT2D eigenvalue weighted by Crippen LogP contribution is -2.37. The van der Waals surface area contributed by atoms with E-state index in [4.69, 9.17) is 5.73 Å². The van der Waals surface area contributed by atoms with E-state index in [9.17, 15) is 23.9 Å². The van der Waals surface area contributed by atoms with Crippen molar-refractivity contribution in [1.82, 2.24) is 4.57 Å². The summed E-state index contributed by atoms with van der Waals surface area (Å²) >= 11 is 0. The maximum absolute atomic E-state index is 13.4. The van der Waals surface area contributed by atoms with E-state index < -0.39 is 28.8 Å². The second-order valence-electron chi connectivity index (χ2n) is 5.62. The summed E-state index contributed by atoms with van der Waals surface area (Å²) in [5.74, 6) is -2.52. The average molecular weight is 331 g/mol. The maximum Gasteiger partial charge on any atom is 0.330 e. The lowest BCUT2D eigenvalue weighted by molar-refractivity contribution is -0.142. The molecule has 1 fully saturated rings. The number of anilines is 2. The minimum absolute atomic E-state index is 0.00382. The van der Waals surface area contributed by atoms with Gasteiger partial charge < -0.3 is 16.2 Å². The molecule has 0 unspecified atom stereocenters. The topological polar surface area (TPSA) is 114 Å². The second kappa shape index (κ2) is 5.48. The number of carboxylic acids is 1. The second-order valence-corrected chi connectivity index (χ2v) is 5.62. The predicted octanol–water partition coefficient (Wildman–Crippen LogP) is 1.40. The van der Waals surface area contributed by atoms with Gasteiger partial charge in [-0.3, -0.25) is 14.2 Å². The van der Waals surface area contributed by atoms with Gasteiger partial charge in [0.2, 0.25) is 0 Å². The van der Waals surface area contributed by atoms with Crippen LogP contribution in [0, 0.1) is 5.82 Å². The Labute approximate surface area is 135 Å². The van der Waals surface area contributed by atoms with E-state index in [0.29, 0.717) is 12.8 Å². The fourth-order valence-corrected chi connectivity index (χ4v) is 2.47. The number of nitrogens with zero attached hydrogens (tertiary/aromatic N) is 1. The number of carbonyl (C=O) groups is 2. The molecule has 7 nitrogen and oxygen atoms in total. The van der Waals surface area contributed by atoms with E-state index in [0.717, 1.165) is 10.6 Å². The molecule has 1 saturated carbocycles. The van der Waals surface area contributed by atoms with Crippen molar-refractivity contribution in [3.05, 3.63) is 58.3 Å². The number of benzene rings is 1. The van der Waals surface area contributed by atoms with Crippen molar-refractivity contribution >= 4 is 23.3 Å². The molecular formula is C16H14FN3O4. The van der Waals surface area contributed by atoms with Crippen LogP contribution in [0.4, 0.5) is 15.8 Å². The first-order valence-corrected chi connectivity index (χ1v) is 7.17. The number of nitrogens with two attached hydrogens (primary N) is 1. The van der Waals surface area contributed by atoms with Crippen LogP contribution < -0.4 is 16.6 Å². The summed E-state index contributed by atoms with van der Waals surface area (Å²) in [6.07, 6.45) is 2.08. The SMILES string of the molecule is Nc1ccc(C(=O)Nc2cccn(C3(C(=O)O)CC3)c2=O)cc1F. The van der Waals surface area contributed by atoms with Crippen molar-refractivity contribution < 1.29 is 19.1 Å². The van der Waals surface area contributed by atoms with Gasteiger partial charge in [-0.05, 0) is 43.2 Å². The molecule has 1 aliphatic carbocycles. The molecule has 0 aliphatic heterocycles. The number of hydrogen-bond acceptors (Lipinski definition) is 4. The first-order valence-electron chi connectivity index (χ1n) is 7.17. The lowest BCUT2D eigenvalue weighted by atomic mass is 10.2. The highest BCUT2D eigenvalue weighted by Crippen LogP contribution is 2.42. The number of hydrogen-bond donors (Lipinski definition) is 3. The van der Waals surface area contributed by atoms with Crippen LogP contribution in [0.1, 0.15) is 23.2 Å². The number of aromatic nitrogens is 1. The molecule has 1 aromatic heterocycles. The van der Waals surface area contributed by atoms with Crippen molar-refractivity contribution in [2.24, 2.45) is 0 Å². The Kier molecular flexibility index (Phi) is 3.59. The lowest BCUT2D eigenvalue weighted by Gasteiger charge is -2.15. The number of nitrogens with one attached hydrogen (secondary N) is 1. The van der Waals surface area contributed by atoms with Gasteiger partial charge in [0.25, 0.3) is 11.5 Å². The summed E-state index contributed by atoms with van der Waals surface area (Å²) in [7, 11) is 0.